The van der Waals surface area contributed by atoms with Gasteiger partial charge in [0.25, 0.3) is 5.91 Å². The van der Waals surface area contributed by atoms with Crippen molar-refractivity contribution in [1.29, 1.82) is 0 Å². The molecule has 0 fully saturated rings. The molecule has 1 aromatic carbocycles. The monoisotopic (exact) mass is 332 g/mol. The first-order chi connectivity index (χ1) is 9.70. The minimum absolute atomic E-state index is 0.0234. The van der Waals surface area contributed by atoms with E-state index in [1.165, 1.54) is 5.56 Å². The van der Waals surface area contributed by atoms with Crippen molar-refractivity contribution < 1.29 is 4.79 Å². The van der Waals surface area contributed by atoms with Crippen molar-refractivity contribution in [2.24, 2.45) is 0 Å². The molecule has 3 nitrogen and oxygen atoms in total. The summed E-state index contributed by atoms with van der Waals surface area (Å²) in [4.78, 5) is 18.4. The summed E-state index contributed by atoms with van der Waals surface area (Å²) in [5.41, 5.74) is 1.72. The third-order valence-corrected chi connectivity index (χ3v) is 3.56. The van der Waals surface area contributed by atoms with Gasteiger partial charge in [0.1, 0.15) is 10.3 Å². The average molecular weight is 333 g/mol. The molecule has 20 heavy (non-hydrogen) atoms. The molecule has 104 valence electrons. The average Bonchev–Trinajstić information content (AvgIpc) is 2.48. The van der Waals surface area contributed by atoms with Gasteiger partial charge in [-0.1, -0.05) is 36.4 Å². The zero-order valence-corrected chi connectivity index (χ0v) is 13.0. The zero-order chi connectivity index (χ0) is 14.4. The van der Waals surface area contributed by atoms with Crippen LogP contribution in [-0.2, 0) is 6.42 Å². The van der Waals surface area contributed by atoms with Gasteiger partial charge in [-0.15, -0.1) is 0 Å². The van der Waals surface area contributed by atoms with Gasteiger partial charge >= 0.3 is 0 Å². The minimum Gasteiger partial charge on any atom is -0.337 e. The fourth-order valence-corrected chi connectivity index (χ4v) is 2.35. The molecule has 1 aromatic heterocycles. The topological polar surface area (TPSA) is 33.2 Å². The summed E-state index contributed by atoms with van der Waals surface area (Å²) in [6.07, 6.45) is 0.856. The summed E-state index contributed by atoms with van der Waals surface area (Å²) in [5, 5.41) is 0. The van der Waals surface area contributed by atoms with Crippen molar-refractivity contribution in [2.75, 3.05) is 13.1 Å². The largest absolute Gasteiger partial charge is 0.337 e. The molecule has 4 heteroatoms. The van der Waals surface area contributed by atoms with Gasteiger partial charge in [-0.25, -0.2) is 4.98 Å². The molecule has 0 spiro atoms. The van der Waals surface area contributed by atoms with Crippen LogP contribution in [0.1, 0.15) is 23.0 Å². The van der Waals surface area contributed by atoms with E-state index in [0.717, 1.165) is 6.42 Å². The van der Waals surface area contributed by atoms with Gasteiger partial charge < -0.3 is 4.90 Å². The Bertz CT molecular complexity index is 572. The Hall–Kier alpha value is -1.68. The van der Waals surface area contributed by atoms with Crippen LogP contribution in [-0.4, -0.2) is 28.9 Å². The summed E-state index contributed by atoms with van der Waals surface area (Å²) in [5.74, 6) is -0.0234. The number of carbonyl (C=O) groups is 1. The Kier molecular flexibility index (Phi) is 5.30. The number of benzene rings is 1. The maximum atomic E-state index is 12.4. The van der Waals surface area contributed by atoms with Crippen molar-refractivity contribution in [3.05, 3.63) is 64.4 Å². The number of hydrogen-bond acceptors (Lipinski definition) is 2. The van der Waals surface area contributed by atoms with Crippen LogP contribution in [0.15, 0.2) is 53.1 Å². The SMILES string of the molecule is CCN(CCc1ccccc1)C(=O)c1cccc(Br)n1. The molecule has 1 amide bonds. The second-order valence-corrected chi connectivity index (χ2v) is 5.28. The number of halogens is 1. The van der Waals surface area contributed by atoms with Gasteiger partial charge in [-0.05, 0) is 47.0 Å². The van der Waals surface area contributed by atoms with Gasteiger partial charge in [0.05, 0.1) is 0 Å². The zero-order valence-electron chi connectivity index (χ0n) is 11.4. The molecule has 0 saturated carbocycles. The Balaban J connectivity index is 2.03. The number of hydrogen-bond donors (Lipinski definition) is 0. The number of aromatic nitrogens is 1. The summed E-state index contributed by atoms with van der Waals surface area (Å²) in [6.45, 7) is 3.37. The first kappa shape index (κ1) is 14.7. The van der Waals surface area contributed by atoms with E-state index in [1.807, 2.05) is 42.2 Å². The standard InChI is InChI=1S/C16H17BrN2O/c1-2-19(12-11-13-7-4-3-5-8-13)16(20)14-9-6-10-15(17)18-14/h3-10H,2,11-12H2,1H3. The summed E-state index contributed by atoms with van der Waals surface area (Å²) in [7, 11) is 0. The molecule has 0 bridgehead atoms. The van der Waals surface area contributed by atoms with Crippen molar-refractivity contribution in [1.82, 2.24) is 9.88 Å². The van der Waals surface area contributed by atoms with E-state index in [-0.39, 0.29) is 5.91 Å². The normalized spacial score (nSPS) is 10.3. The van der Waals surface area contributed by atoms with Gasteiger partial charge in [0.2, 0.25) is 0 Å². The molecule has 2 rings (SSSR count). The molecule has 0 aliphatic heterocycles. The lowest BCUT2D eigenvalue weighted by atomic mass is 10.1. The highest BCUT2D eigenvalue weighted by Gasteiger charge is 2.15. The molecule has 0 atom stereocenters. The number of likely N-dealkylation sites (N-methyl/N-ethyl adjacent to an activating group) is 1. The number of amides is 1. The highest BCUT2D eigenvalue weighted by Crippen LogP contribution is 2.09. The highest BCUT2D eigenvalue weighted by molar-refractivity contribution is 9.10. The third-order valence-electron chi connectivity index (χ3n) is 3.12. The lowest BCUT2D eigenvalue weighted by molar-refractivity contribution is 0.0760. The Labute approximate surface area is 127 Å². The van der Waals surface area contributed by atoms with E-state index in [9.17, 15) is 4.79 Å². The van der Waals surface area contributed by atoms with E-state index in [2.05, 4.69) is 33.0 Å². The second kappa shape index (κ2) is 7.20. The molecule has 0 radical (unpaired) electrons. The molecule has 1 heterocycles. The van der Waals surface area contributed by atoms with E-state index in [4.69, 9.17) is 0 Å². The van der Waals surface area contributed by atoms with Crippen LogP contribution >= 0.6 is 15.9 Å². The van der Waals surface area contributed by atoms with Crippen LogP contribution in [0.4, 0.5) is 0 Å². The smallest absolute Gasteiger partial charge is 0.272 e. The molecular formula is C16H17BrN2O. The fraction of sp³-hybridized carbons (Fsp3) is 0.250. The lowest BCUT2D eigenvalue weighted by Crippen LogP contribution is -2.33. The van der Waals surface area contributed by atoms with E-state index in [0.29, 0.717) is 23.4 Å². The molecule has 0 saturated heterocycles. The molecule has 2 aromatic rings. The minimum atomic E-state index is -0.0234. The number of carbonyl (C=O) groups excluding carboxylic acids is 1. The van der Waals surface area contributed by atoms with Crippen LogP contribution in [0.25, 0.3) is 0 Å². The summed E-state index contributed by atoms with van der Waals surface area (Å²) < 4.78 is 0.683. The van der Waals surface area contributed by atoms with Crippen molar-refractivity contribution in [3.63, 3.8) is 0 Å². The van der Waals surface area contributed by atoms with Crippen molar-refractivity contribution >= 4 is 21.8 Å². The van der Waals surface area contributed by atoms with E-state index >= 15 is 0 Å². The number of rotatable bonds is 5. The van der Waals surface area contributed by atoms with Gasteiger partial charge in [-0.3, -0.25) is 4.79 Å². The predicted octanol–water partition coefficient (Wildman–Crippen LogP) is 3.55. The maximum Gasteiger partial charge on any atom is 0.272 e. The van der Waals surface area contributed by atoms with Crippen LogP contribution in [0.2, 0.25) is 0 Å². The molecule has 0 unspecified atom stereocenters. The number of pyridine rings is 1. The van der Waals surface area contributed by atoms with Crippen molar-refractivity contribution in [3.8, 4) is 0 Å². The van der Waals surface area contributed by atoms with Gasteiger partial charge in [0.15, 0.2) is 0 Å². The lowest BCUT2D eigenvalue weighted by Gasteiger charge is -2.20. The fourth-order valence-electron chi connectivity index (χ4n) is 2.00. The first-order valence-corrected chi connectivity index (χ1v) is 7.45. The number of nitrogens with zero attached hydrogens (tertiary/aromatic N) is 2. The van der Waals surface area contributed by atoms with Crippen LogP contribution in [0.5, 0.6) is 0 Å². The van der Waals surface area contributed by atoms with Crippen LogP contribution < -0.4 is 0 Å². The molecule has 0 N–H and O–H groups in total. The Morgan fingerprint density at radius 2 is 1.90 bits per heavy atom. The molecule has 0 aliphatic rings. The third kappa shape index (κ3) is 3.90. The van der Waals surface area contributed by atoms with E-state index < -0.39 is 0 Å². The first-order valence-electron chi connectivity index (χ1n) is 6.66. The quantitative estimate of drug-likeness (QED) is 0.784. The maximum absolute atomic E-state index is 12.4. The van der Waals surface area contributed by atoms with Crippen LogP contribution in [0.3, 0.4) is 0 Å². The predicted molar refractivity (Wildman–Crippen MR) is 83.7 cm³/mol. The molecule has 0 aliphatic carbocycles. The highest BCUT2D eigenvalue weighted by atomic mass is 79.9. The Morgan fingerprint density at radius 1 is 1.15 bits per heavy atom. The summed E-state index contributed by atoms with van der Waals surface area (Å²) in [6, 6.07) is 15.6. The second-order valence-electron chi connectivity index (χ2n) is 4.47. The van der Waals surface area contributed by atoms with E-state index in [1.54, 1.807) is 6.07 Å². The van der Waals surface area contributed by atoms with Gasteiger partial charge in [0, 0.05) is 13.1 Å². The van der Waals surface area contributed by atoms with Gasteiger partial charge in [-0.2, -0.15) is 0 Å². The van der Waals surface area contributed by atoms with Crippen molar-refractivity contribution in [2.45, 2.75) is 13.3 Å². The summed E-state index contributed by atoms with van der Waals surface area (Å²) >= 11 is 3.30. The van der Waals surface area contributed by atoms with Crippen LogP contribution in [0, 0.1) is 0 Å². The molecular weight excluding hydrogens is 316 g/mol. The Morgan fingerprint density at radius 3 is 2.55 bits per heavy atom.